The topological polar surface area (TPSA) is 46.5 Å². The summed E-state index contributed by atoms with van der Waals surface area (Å²) in [4.78, 5) is 11.3. The van der Waals surface area contributed by atoms with Gasteiger partial charge in [0.2, 0.25) is 0 Å². The predicted molar refractivity (Wildman–Crippen MR) is 44.5 cm³/mol. The monoisotopic (exact) mass is 170 g/mol. The zero-order valence-corrected chi connectivity index (χ0v) is 7.25. The van der Waals surface area contributed by atoms with E-state index in [9.17, 15) is 9.90 Å². The van der Waals surface area contributed by atoms with Crippen LogP contribution in [0.1, 0.15) is 19.8 Å². The van der Waals surface area contributed by atoms with Crippen molar-refractivity contribution in [3.8, 4) is 0 Å². The minimum Gasteiger partial charge on any atom is -0.465 e. The van der Waals surface area contributed by atoms with Crippen molar-refractivity contribution in [2.75, 3.05) is 6.61 Å². The lowest BCUT2D eigenvalue weighted by Gasteiger charge is -2.25. The fraction of sp³-hybridized carbons (Fsp3) is 0.667. The molecule has 1 aliphatic rings. The van der Waals surface area contributed by atoms with Crippen LogP contribution in [-0.4, -0.2) is 23.8 Å². The Balaban J connectivity index is 2.84. The fourth-order valence-corrected chi connectivity index (χ4v) is 1.56. The summed E-state index contributed by atoms with van der Waals surface area (Å²) in [7, 11) is 0. The molecule has 0 aromatic carbocycles. The van der Waals surface area contributed by atoms with Gasteiger partial charge in [-0.15, -0.1) is 6.58 Å². The van der Waals surface area contributed by atoms with Gasteiger partial charge in [0.15, 0.2) is 0 Å². The van der Waals surface area contributed by atoms with E-state index in [1.54, 1.807) is 13.0 Å². The first-order valence-corrected chi connectivity index (χ1v) is 4.09. The van der Waals surface area contributed by atoms with Crippen molar-refractivity contribution in [2.24, 2.45) is 5.41 Å². The summed E-state index contributed by atoms with van der Waals surface area (Å²) in [6, 6.07) is 0. The molecule has 1 aliphatic heterocycles. The molecule has 0 bridgehead atoms. The quantitative estimate of drug-likeness (QED) is 0.505. The molecule has 1 rings (SSSR count). The second-order valence-corrected chi connectivity index (χ2v) is 3.21. The highest BCUT2D eigenvalue weighted by Gasteiger charge is 2.47. The van der Waals surface area contributed by atoms with E-state index in [1.165, 1.54) is 0 Å². The molecule has 0 amide bonds. The minimum atomic E-state index is -0.720. The maximum atomic E-state index is 11.3. The molecule has 1 heterocycles. The van der Waals surface area contributed by atoms with Crippen molar-refractivity contribution < 1.29 is 14.6 Å². The zero-order valence-electron chi connectivity index (χ0n) is 7.25. The van der Waals surface area contributed by atoms with Crippen molar-refractivity contribution in [3.63, 3.8) is 0 Å². The summed E-state index contributed by atoms with van der Waals surface area (Å²) >= 11 is 0. The fourth-order valence-electron chi connectivity index (χ4n) is 1.56. The van der Waals surface area contributed by atoms with Crippen LogP contribution in [0.5, 0.6) is 0 Å². The Hall–Kier alpha value is -0.830. The van der Waals surface area contributed by atoms with Gasteiger partial charge in [-0.3, -0.25) is 4.79 Å². The minimum absolute atomic E-state index is 0.294. The number of hydrogen-bond acceptors (Lipinski definition) is 3. The number of aliphatic hydroxyl groups excluding tert-OH is 1. The van der Waals surface area contributed by atoms with E-state index in [0.29, 0.717) is 19.4 Å². The first-order valence-electron chi connectivity index (χ1n) is 4.09. The molecule has 1 fully saturated rings. The number of esters is 1. The second-order valence-electron chi connectivity index (χ2n) is 3.21. The smallest absolute Gasteiger partial charge is 0.315 e. The maximum absolute atomic E-state index is 11.3. The number of ether oxygens (including phenoxy) is 1. The Morgan fingerprint density at radius 1 is 1.92 bits per heavy atom. The van der Waals surface area contributed by atoms with E-state index in [1.807, 2.05) is 0 Å². The SMILES string of the molecule is C=CCC1(C(C)O)CCOC1=O. The highest BCUT2D eigenvalue weighted by molar-refractivity contribution is 5.79. The summed E-state index contributed by atoms with van der Waals surface area (Å²) in [5.41, 5.74) is -0.720. The number of allylic oxidation sites excluding steroid dienone is 1. The van der Waals surface area contributed by atoms with Crippen LogP contribution in [-0.2, 0) is 9.53 Å². The average molecular weight is 170 g/mol. The Kier molecular flexibility index (Phi) is 2.52. The van der Waals surface area contributed by atoms with E-state index in [0.717, 1.165) is 0 Å². The van der Waals surface area contributed by atoms with Crippen LogP contribution in [0.25, 0.3) is 0 Å². The zero-order chi connectivity index (χ0) is 9.19. The molecule has 0 spiro atoms. The highest BCUT2D eigenvalue weighted by Crippen LogP contribution is 2.37. The molecule has 0 radical (unpaired) electrons. The van der Waals surface area contributed by atoms with Crippen molar-refractivity contribution in [3.05, 3.63) is 12.7 Å². The maximum Gasteiger partial charge on any atom is 0.315 e. The largest absolute Gasteiger partial charge is 0.465 e. The molecular formula is C9H14O3. The molecule has 2 unspecified atom stereocenters. The second kappa shape index (κ2) is 3.27. The third kappa shape index (κ3) is 1.25. The van der Waals surface area contributed by atoms with Crippen LogP contribution in [0.3, 0.4) is 0 Å². The lowest BCUT2D eigenvalue weighted by atomic mass is 9.78. The Morgan fingerprint density at radius 3 is 2.92 bits per heavy atom. The van der Waals surface area contributed by atoms with E-state index in [4.69, 9.17) is 4.74 Å². The molecule has 1 saturated heterocycles. The molecule has 68 valence electrons. The van der Waals surface area contributed by atoms with Crippen molar-refractivity contribution in [2.45, 2.75) is 25.9 Å². The molecule has 1 N–H and O–H groups in total. The lowest BCUT2D eigenvalue weighted by molar-refractivity contribution is -0.150. The van der Waals surface area contributed by atoms with Gasteiger partial charge >= 0.3 is 5.97 Å². The number of carbonyl (C=O) groups excluding carboxylic acids is 1. The predicted octanol–water partition coefficient (Wildman–Crippen LogP) is 0.877. The number of carbonyl (C=O) groups is 1. The number of rotatable bonds is 3. The molecule has 0 aromatic heterocycles. The standard InChI is InChI=1S/C9H14O3/c1-3-4-9(7(2)10)5-6-12-8(9)11/h3,7,10H,1,4-6H2,2H3. The molecule has 0 aliphatic carbocycles. The summed E-state index contributed by atoms with van der Waals surface area (Å²) in [6.07, 6.45) is 2.07. The molecule has 12 heavy (non-hydrogen) atoms. The van der Waals surface area contributed by atoms with Gasteiger partial charge in [0.05, 0.1) is 12.7 Å². The average Bonchev–Trinajstić information content (AvgIpc) is 2.34. The third-order valence-corrected chi connectivity index (χ3v) is 2.50. The number of hydrogen-bond donors (Lipinski definition) is 1. The van der Waals surface area contributed by atoms with Crippen molar-refractivity contribution in [1.82, 2.24) is 0 Å². The van der Waals surface area contributed by atoms with Crippen LogP contribution >= 0.6 is 0 Å². The van der Waals surface area contributed by atoms with Crippen molar-refractivity contribution in [1.29, 1.82) is 0 Å². The summed E-state index contributed by atoms with van der Waals surface area (Å²) in [6.45, 7) is 5.60. The first-order chi connectivity index (χ1) is 5.63. The van der Waals surface area contributed by atoms with Crippen LogP contribution < -0.4 is 0 Å². The van der Waals surface area contributed by atoms with Crippen LogP contribution in [0, 0.1) is 5.41 Å². The Morgan fingerprint density at radius 2 is 2.58 bits per heavy atom. The van der Waals surface area contributed by atoms with Crippen LogP contribution in [0.15, 0.2) is 12.7 Å². The van der Waals surface area contributed by atoms with Gasteiger partial charge < -0.3 is 9.84 Å². The highest BCUT2D eigenvalue weighted by atomic mass is 16.5. The Bertz CT molecular complexity index is 198. The Labute approximate surface area is 72.0 Å². The third-order valence-electron chi connectivity index (χ3n) is 2.50. The normalized spacial score (nSPS) is 31.3. The lowest BCUT2D eigenvalue weighted by Crippen LogP contribution is -2.37. The first kappa shape index (κ1) is 9.26. The molecule has 0 saturated carbocycles. The van der Waals surface area contributed by atoms with Gasteiger partial charge in [0.25, 0.3) is 0 Å². The molecule has 2 atom stereocenters. The van der Waals surface area contributed by atoms with Gasteiger partial charge in [-0.05, 0) is 13.3 Å². The van der Waals surface area contributed by atoms with Gasteiger partial charge in [0, 0.05) is 6.42 Å². The van der Waals surface area contributed by atoms with E-state index in [-0.39, 0.29) is 5.97 Å². The van der Waals surface area contributed by atoms with E-state index < -0.39 is 11.5 Å². The van der Waals surface area contributed by atoms with E-state index in [2.05, 4.69) is 6.58 Å². The van der Waals surface area contributed by atoms with Gasteiger partial charge in [-0.2, -0.15) is 0 Å². The van der Waals surface area contributed by atoms with Gasteiger partial charge in [0.1, 0.15) is 5.41 Å². The van der Waals surface area contributed by atoms with Gasteiger partial charge in [-0.25, -0.2) is 0 Å². The van der Waals surface area contributed by atoms with Crippen LogP contribution in [0.2, 0.25) is 0 Å². The van der Waals surface area contributed by atoms with Crippen molar-refractivity contribution >= 4 is 5.97 Å². The molecular weight excluding hydrogens is 156 g/mol. The molecule has 0 aromatic rings. The van der Waals surface area contributed by atoms with E-state index >= 15 is 0 Å². The number of aliphatic hydroxyl groups is 1. The number of cyclic esters (lactones) is 1. The van der Waals surface area contributed by atoms with Gasteiger partial charge in [-0.1, -0.05) is 6.08 Å². The molecule has 3 nitrogen and oxygen atoms in total. The molecule has 3 heteroatoms. The van der Waals surface area contributed by atoms with Crippen LogP contribution in [0.4, 0.5) is 0 Å². The summed E-state index contributed by atoms with van der Waals surface area (Å²) in [5.74, 6) is -0.294. The summed E-state index contributed by atoms with van der Waals surface area (Å²) in [5, 5.41) is 9.46. The summed E-state index contributed by atoms with van der Waals surface area (Å²) < 4.78 is 4.84.